The number of rotatable bonds is 4. The SMILES string of the molecule is c1ccc(Cc2ccccn2)nc1.c1cncc(Cc2cccnc2)c1. The summed E-state index contributed by atoms with van der Waals surface area (Å²) in [5.41, 5.74) is 4.55. The van der Waals surface area contributed by atoms with Gasteiger partial charge in [-0.1, -0.05) is 24.3 Å². The normalized spacial score (nSPS) is 9.85. The summed E-state index contributed by atoms with van der Waals surface area (Å²) in [5.74, 6) is 0. The van der Waals surface area contributed by atoms with E-state index in [1.54, 1.807) is 24.8 Å². The maximum Gasteiger partial charge on any atom is 0.0463 e. The molecule has 4 heterocycles. The van der Waals surface area contributed by atoms with E-state index in [1.807, 2.05) is 60.9 Å². The van der Waals surface area contributed by atoms with Gasteiger partial charge in [0.25, 0.3) is 0 Å². The summed E-state index contributed by atoms with van der Waals surface area (Å²) in [6, 6.07) is 19.9. The van der Waals surface area contributed by atoms with E-state index >= 15 is 0 Å². The van der Waals surface area contributed by atoms with Crippen LogP contribution in [-0.4, -0.2) is 19.9 Å². The van der Waals surface area contributed by atoms with Crippen LogP contribution < -0.4 is 0 Å². The van der Waals surface area contributed by atoms with Gasteiger partial charge >= 0.3 is 0 Å². The fraction of sp³-hybridized carbons (Fsp3) is 0.0909. The van der Waals surface area contributed by atoms with Gasteiger partial charge in [-0.25, -0.2) is 0 Å². The summed E-state index contributed by atoms with van der Waals surface area (Å²) in [6.45, 7) is 0. The third-order valence-electron chi connectivity index (χ3n) is 3.67. The zero-order chi connectivity index (χ0) is 17.9. The van der Waals surface area contributed by atoms with E-state index in [2.05, 4.69) is 32.1 Å². The summed E-state index contributed by atoms with van der Waals surface area (Å²) >= 11 is 0. The second-order valence-electron chi connectivity index (χ2n) is 5.72. The molecule has 0 bridgehead atoms. The molecule has 0 radical (unpaired) electrons. The molecular formula is C22H20N4. The predicted octanol–water partition coefficient (Wildman–Crippen LogP) is 4.13. The highest BCUT2D eigenvalue weighted by Crippen LogP contribution is 2.05. The van der Waals surface area contributed by atoms with Crippen LogP contribution in [0.25, 0.3) is 0 Å². The van der Waals surface area contributed by atoms with Crippen molar-refractivity contribution in [3.05, 3.63) is 120 Å². The minimum atomic E-state index is 0.807. The van der Waals surface area contributed by atoms with Gasteiger partial charge in [0.15, 0.2) is 0 Å². The summed E-state index contributed by atoms with van der Waals surface area (Å²) < 4.78 is 0. The van der Waals surface area contributed by atoms with Crippen LogP contribution in [0.3, 0.4) is 0 Å². The quantitative estimate of drug-likeness (QED) is 0.560. The molecule has 0 fully saturated rings. The van der Waals surface area contributed by atoms with Gasteiger partial charge in [-0.15, -0.1) is 0 Å². The first-order chi connectivity index (χ1) is 12.9. The molecule has 0 aliphatic heterocycles. The van der Waals surface area contributed by atoms with Gasteiger partial charge in [0.05, 0.1) is 0 Å². The molecule has 0 aromatic carbocycles. The average Bonchev–Trinajstić information content (AvgIpc) is 2.72. The lowest BCUT2D eigenvalue weighted by Gasteiger charge is -1.98. The zero-order valence-corrected chi connectivity index (χ0v) is 14.4. The fourth-order valence-corrected chi connectivity index (χ4v) is 2.43. The maximum atomic E-state index is 4.23. The molecule has 0 aliphatic carbocycles. The van der Waals surface area contributed by atoms with Crippen molar-refractivity contribution in [2.45, 2.75) is 12.8 Å². The van der Waals surface area contributed by atoms with Gasteiger partial charge in [-0.3, -0.25) is 19.9 Å². The van der Waals surface area contributed by atoms with Crippen LogP contribution in [-0.2, 0) is 12.8 Å². The number of aromatic nitrogens is 4. The van der Waals surface area contributed by atoms with Crippen molar-refractivity contribution >= 4 is 0 Å². The smallest absolute Gasteiger partial charge is 0.0463 e. The van der Waals surface area contributed by atoms with Crippen LogP contribution >= 0.6 is 0 Å². The minimum Gasteiger partial charge on any atom is -0.264 e. The van der Waals surface area contributed by atoms with Crippen LogP contribution in [0, 0.1) is 0 Å². The lowest BCUT2D eigenvalue weighted by molar-refractivity contribution is 1.01. The maximum absolute atomic E-state index is 4.23. The highest BCUT2D eigenvalue weighted by Gasteiger charge is 1.96. The molecule has 0 spiro atoms. The Bertz CT molecular complexity index is 715. The summed E-state index contributed by atoms with van der Waals surface area (Å²) in [5, 5.41) is 0. The van der Waals surface area contributed by atoms with Crippen molar-refractivity contribution in [2.24, 2.45) is 0 Å². The first-order valence-corrected chi connectivity index (χ1v) is 8.48. The summed E-state index contributed by atoms with van der Waals surface area (Å²) in [7, 11) is 0. The first-order valence-electron chi connectivity index (χ1n) is 8.48. The van der Waals surface area contributed by atoms with Crippen molar-refractivity contribution in [1.29, 1.82) is 0 Å². The van der Waals surface area contributed by atoms with E-state index in [0.717, 1.165) is 24.2 Å². The van der Waals surface area contributed by atoms with E-state index in [0.29, 0.717) is 0 Å². The lowest BCUT2D eigenvalue weighted by atomic mass is 10.1. The van der Waals surface area contributed by atoms with Crippen LogP contribution in [0.5, 0.6) is 0 Å². The molecule has 26 heavy (non-hydrogen) atoms. The molecule has 0 unspecified atom stereocenters. The Kier molecular flexibility index (Phi) is 6.56. The molecule has 128 valence electrons. The van der Waals surface area contributed by atoms with Crippen molar-refractivity contribution in [1.82, 2.24) is 19.9 Å². The highest BCUT2D eigenvalue weighted by molar-refractivity contribution is 5.20. The van der Waals surface area contributed by atoms with Crippen molar-refractivity contribution in [3.8, 4) is 0 Å². The number of hydrogen-bond acceptors (Lipinski definition) is 4. The van der Waals surface area contributed by atoms with E-state index in [-0.39, 0.29) is 0 Å². The Labute approximate surface area is 153 Å². The molecule has 4 nitrogen and oxygen atoms in total. The predicted molar refractivity (Wildman–Crippen MR) is 103 cm³/mol. The number of nitrogens with zero attached hydrogens (tertiary/aromatic N) is 4. The largest absolute Gasteiger partial charge is 0.264 e. The van der Waals surface area contributed by atoms with Crippen LogP contribution in [0.4, 0.5) is 0 Å². The minimum absolute atomic E-state index is 0.807. The van der Waals surface area contributed by atoms with Crippen LogP contribution in [0.15, 0.2) is 97.8 Å². The lowest BCUT2D eigenvalue weighted by Crippen LogP contribution is -1.92. The van der Waals surface area contributed by atoms with Gasteiger partial charge in [-0.05, 0) is 47.5 Å². The molecular weight excluding hydrogens is 320 g/mol. The highest BCUT2D eigenvalue weighted by atomic mass is 14.7. The van der Waals surface area contributed by atoms with Gasteiger partial charge in [0, 0.05) is 61.4 Å². The van der Waals surface area contributed by atoms with E-state index < -0.39 is 0 Å². The molecule has 0 saturated carbocycles. The van der Waals surface area contributed by atoms with E-state index in [4.69, 9.17) is 0 Å². The van der Waals surface area contributed by atoms with E-state index in [9.17, 15) is 0 Å². The molecule has 4 aromatic rings. The second-order valence-corrected chi connectivity index (χ2v) is 5.72. The molecule has 0 atom stereocenters. The van der Waals surface area contributed by atoms with Crippen molar-refractivity contribution in [3.63, 3.8) is 0 Å². The Balaban J connectivity index is 0.000000151. The average molecular weight is 340 g/mol. The molecule has 0 aliphatic rings. The fourth-order valence-electron chi connectivity index (χ4n) is 2.43. The third kappa shape index (κ3) is 5.91. The number of pyridine rings is 4. The third-order valence-corrected chi connectivity index (χ3v) is 3.67. The van der Waals surface area contributed by atoms with Crippen molar-refractivity contribution < 1.29 is 0 Å². The molecule has 4 aromatic heterocycles. The molecule has 4 rings (SSSR count). The first kappa shape index (κ1) is 17.4. The molecule has 0 amide bonds. The summed E-state index contributed by atoms with van der Waals surface area (Å²) in [4.78, 5) is 16.6. The Morgan fingerprint density at radius 1 is 0.500 bits per heavy atom. The van der Waals surface area contributed by atoms with Gasteiger partial charge in [0.1, 0.15) is 0 Å². The van der Waals surface area contributed by atoms with Crippen molar-refractivity contribution in [2.75, 3.05) is 0 Å². The molecule has 0 N–H and O–H groups in total. The van der Waals surface area contributed by atoms with Crippen LogP contribution in [0.1, 0.15) is 22.5 Å². The standard InChI is InChI=1S/2C11H10N2/c1-3-10(8-12-5-1)7-11-4-2-6-13-9-11;1-3-7-12-10(5-1)9-11-6-2-4-8-13-11/h1-6,8-9H,7H2;1-8H,9H2. The Morgan fingerprint density at radius 3 is 1.42 bits per heavy atom. The van der Waals surface area contributed by atoms with E-state index in [1.165, 1.54) is 11.1 Å². The zero-order valence-electron chi connectivity index (χ0n) is 14.4. The van der Waals surface area contributed by atoms with Gasteiger partial charge in [0.2, 0.25) is 0 Å². The summed E-state index contributed by atoms with van der Waals surface area (Å²) in [6.07, 6.45) is 12.7. The van der Waals surface area contributed by atoms with Gasteiger partial charge < -0.3 is 0 Å². The van der Waals surface area contributed by atoms with Gasteiger partial charge in [-0.2, -0.15) is 0 Å². The number of hydrogen-bond donors (Lipinski definition) is 0. The molecule has 4 heteroatoms. The topological polar surface area (TPSA) is 51.6 Å². The second kappa shape index (κ2) is 9.79. The Morgan fingerprint density at radius 2 is 1.04 bits per heavy atom. The Hall–Kier alpha value is -3.40. The molecule has 0 saturated heterocycles. The van der Waals surface area contributed by atoms with Crippen LogP contribution in [0.2, 0.25) is 0 Å². The monoisotopic (exact) mass is 340 g/mol.